The Bertz CT molecular complexity index is 216. The Labute approximate surface area is 81.4 Å². The lowest BCUT2D eigenvalue weighted by Gasteiger charge is -1.88. The fourth-order valence-electron chi connectivity index (χ4n) is 1.25. The molecular weight excluding hydrogens is 156 g/mol. The van der Waals surface area contributed by atoms with Crippen LogP contribution in [0.25, 0.3) is 0 Å². The monoisotopic (exact) mass is 174 g/mol. The minimum absolute atomic E-state index is 1.05. The lowest BCUT2D eigenvalue weighted by Crippen LogP contribution is -1.68. The number of hydrogen-bond donors (Lipinski definition) is 0. The Kier molecular flexibility index (Phi) is 5.87. The molecule has 0 heterocycles. The average Bonchev–Trinajstić information content (AvgIpc) is 2.18. The Hall–Kier alpha value is -1.04. The molecule has 70 valence electrons. The van der Waals surface area contributed by atoms with E-state index in [1.165, 1.54) is 19.3 Å². The molecule has 0 aromatic heterocycles. The average molecular weight is 174 g/mol. The molecule has 0 nitrogen and oxygen atoms in total. The second-order valence-electron chi connectivity index (χ2n) is 3.20. The number of allylic oxidation sites excluding steroid dienone is 8. The molecule has 13 heavy (non-hydrogen) atoms. The van der Waals surface area contributed by atoms with Crippen molar-refractivity contribution in [2.45, 2.75) is 32.1 Å². The maximum absolute atomic E-state index is 2.28. The van der Waals surface area contributed by atoms with E-state index in [-0.39, 0.29) is 0 Å². The highest BCUT2D eigenvalue weighted by molar-refractivity contribution is 5.06. The minimum Gasteiger partial charge on any atom is -0.0882 e. The van der Waals surface area contributed by atoms with Crippen molar-refractivity contribution in [3.05, 3.63) is 48.6 Å². The highest BCUT2D eigenvalue weighted by Gasteiger charge is 1.80. The van der Waals surface area contributed by atoms with E-state index in [0.717, 1.165) is 12.8 Å². The minimum atomic E-state index is 1.05. The van der Waals surface area contributed by atoms with Gasteiger partial charge in [0.05, 0.1) is 0 Å². The van der Waals surface area contributed by atoms with Gasteiger partial charge in [-0.3, -0.25) is 0 Å². The standard InChI is InChI=1S/C13H18/c1-2-4-6-8-10-12-13-11-9-7-5-3-1/h1-4,7,9,12-13H,5-6,8,10-11H2/b3-1-,4-2+,9-7-,13-12+. The first-order valence-corrected chi connectivity index (χ1v) is 5.12. The van der Waals surface area contributed by atoms with Gasteiger partial charge in [0.2, 0.25) is 0 Å². The first kappa shape index (κ1) is 10.0. The fraction of sp³-hybridized carbons (Fsp3) is 0.385. The molecule has 0 radical (unpaired) electrons. The van der Waals surface area contributed by atoms with E-state index < -0.39 is 0 Å². The van der Waals surface area contributed by atoms with Gasteiger partial charge in [-0.15, -0.1) is 0 Å². The Morgan fingerprint density at radius 2 is 1.15 bits per heavy atom. The van der Waals surface area contributed by atoms with Crippen molar-refractivity contribution in [1.29, 1.82) is 0 Å². The predicted octanol–water partition coefficient (Wildman–Crippen LogP) is 4.18. The maximum atomic E-state index is 2.28. The quantitative estimate of drug-likeness (QED) is 0.483. The zero-order valence-electron chi connectivity index (χ0n) is 8.15. The van der Waals surface area contributed by atoms with Crippen molar-refractivity contribution < 1.29 is 0 Å². The van der Waals surface area contributed by atoms with Crippen LogP contribution in [-0.2, 0) is 0 Å². The SMILES string of the molecule is C1=C\C/C=C\C/C=C/CCC/C=C/1. The summed E-state index contributed by atoms with van der Waals surface area (Å²) < 4.78 is 0. The summed E-state index contributed by atoms with van der Waals surface area (Å²) >= 11 is 0. The molecule has 0 atom stereocenters. The predicted molar refractivity (Wildman–Crippen MR) is 59.6 cm³/mol. The lowest BCUT2D eigenvalue weighted by molar-refractivity contribution is 0.866. The molecule has 0 fully saturated rings. The molecule has 0 N–H and O–H groups in total. The van der Waals surface area contributed by atoms with E-state index in [1.807, 2.05) is 0 Å². The van der Waals surface area contributed by atoms with Crippen LogP contribution in [0.3, 0.4) is 0 Å². The molecule has 0 aliphatic heterocycles. The molecule has 1 rings (SSSR count). The molecule has 0 aromatic carbocycles. The normalized spacial score (nSPS) is 28.9. The van der Waals surface area contributed by atoms with Gasteiger partial charge in [-0.25, -0.2) is 0 Å². The summed E-state index contributed by atoms with van der Waals surface area (Å²) in [5.74, 6) is 0. The highest BCUT2D eigenvalue weighted by Crippen LogP contribution is 2.01. The second kappa shape index (κ2) is 7.60. The van der Waals surface area contributed by atoms with Crippen molar-refractivity contribution in [2.24, 2.45) is 0 Å². The van der Waals surface area contributed by atoms with Gasteiger partial charge in [0.1, 0.15) is 0 Å². The molecule has 0 unspecified atom stereocenters. The zero-order valence-corrected chi connectivity index (χ0v) is 8.15. The van der Waals surface area contributed by atoms with Crippen LogP contribution >= 0.6 is 0 Å². The zero-order chi connectivity index (χ0) is 9.19. The van der Waals surface area contributed by atoms with Gasteiger partial charge >= 0.3 is 0 Å². The summed E-state index contributed by atoms with van der Waals surface area (Å²) in [5, 5.41) is 0. The summed E-state index contributed by atoms with van der Waals surface area (Å²) in [7, 11) is 0. The van der Waals surface area contributed by atoms with E-state index in [0.29, 0.717) is 0 Å². The molecule has 0 bridgehead atoms. The molecule has 0 amide bonds. The van der Waals surface area contributed by atoms with Gasteiger partial charge < -0.3 is 0 Å². The Morgan fingerprint density at radius 1 is 0.538 bits per heavy atom. The highest BCUT2D eigenvalue weighted by atomic mass is 13.9. The lowest BCUT2D eigenvalue weighted by atomic mass is 10.2. The fourth-order valence-corrected chi connectivity index (χ4v) is 1.25. The van der Waals surface area contributed by atoms with Gasteiger partial charge in [-0.1, -0.05) is 48.6 Å². The van der Waals surface area contributed by atoms with E-state index in [9.17, 15) is 0 Å². The van der Waals surface area contributed by atoms with Crippen molar-refractivity contribution in [3.63, 3.8) is 0 Å². The first-order chi connectivity index (χ1) is 6.50. The van der Waals surface area contributed by atoms with Crippen molar-refractivity contribution >= 4 is 0 Å². The van der Waals surface area contributed by atoms with Crippen LogP contribution in [-0.4, -0.2) is 0 Å². The number of hydrogen-bond acceptors (Lipinski definition) is 0. The van der Waals surface area contributed by atoms with E-state index in [4.69, 9.17) is 0 Å². The molecule has 0 spiro atoms. The van der Waals surface area contributed by atoms with Gasteiger partial charge in [-0.05, 0) is 32.1 Å². The maximum Gasteiger partial charge on any atom is -0.0166 e. The molecule has 0 saturated carbocycles. The van der Waals surface area contributed by atoms with Gasteiger partial charge in [0.25, 0.3) is 0 Å². The molecule has 1 aliphatic carbocycles. The van der Waals surface area contributed by atoms with Crippen LogP contribution in [0.2, 0.25) is 0 Å². The molecule has 1 aliphatic rings. The van der Waals surface area contributed by atoms with E-state index in [2.05, 4.69) is 48.6 Å². The van der Waals surface area contributed by atoms with Crippen LogP contribution in [0.5, 0.6) is 0 Å². The molecular formula is C13H18. The van der Waals surface area contributed by atoms with E-state index in [1.54, 1.807) is 0 Å². The summed E-state index contributed by atoms with van der Waals surface area (Å²) in [5.41, 5.74) is 0. The van der Waals surface area contributed by atoms with Crippen LogP contribution in [0.4, 0.5) is 0 Å². The van der Waals surface area contributed by atoms with Crippen LogP contribution in [0.1, 0.15) is 32.1 Å². The van der Waals surface area contributed by atoms with Gasteiger partial charge in [-0.2, -0.15) is 0 Å². The van der Waals surface area contributed by atoms with Gasteiger partial charge in [0, 0.05) is 0 Å². The van der Waals surface area contributed by atoms with Crippen LogP contribution in [0.15, 0.2) is 48.6 Å². The Morgan fingerprint density at radius 3 is 2.08 bits per heavy atom. The van der Waals surface area contributed by atoms with Crippen molar-refractivity contribution in [1.82, 2.24) is 0 Å². The molecule has 0 saturated heterocycles. The summed E-state index contributed by atoms with van der Waals surface area (Å²) in [6.45, 7) is 0. The van der Waals surface area contributed by atoms with Crippen molar-refractivity contribution in [3.8, 4) is 0 Å². The smallest absolute Gasteiger partial charge is 0.0166 e. The van der Waals surface area contributed by atoms with Crippen molar-refractivity contribution in [2.75, 3.05) is 0 Å². The molecule has 0 aromatic rings. The first-order valence-electron chi connectivity index (χ1n) is 5.12. The summed E-state index contributed by atoms with van der Waals surface area (Å²) in [6.07, 6.45) is 23.5. The third-order valence-electron chi connectivity index (χ3n) is 2.00. The second-order valence-corrected chi connectivity index (χ2v) is 3.20. The number of rotatable bonds is 0. The van der Waals surface area contributed by atoms with Gasteiger partial charge in [0.15, 0.2) is 0 Å². The molecule has 0 heteroatoms. The largest absolute Gasteiger partial charge is 0.0882 e. The topological polar surface area (TPSA) is 0 Å². The summed E-state index contributed by atoms with van der Waals surface area (Å²) in [4.78, 5) is 0. The van der Waals surface area contributed by atoms with E-state index >= 15 is 0 Å². The Balaban J connectivity index is 2.38. The third-order valence-corrected chi connectivity index (χ3v) is 2.00. The van der Waals surface area contributed by atoms with Crippen LogP contribution < -0.4 is 0 Å². The third kappa shape index (κ3) is 6.15. The van der Waals surface area contributed by atoms with Crippen LogP contribution in [0, 0.1) is 0 Å². The summed E-state index contributed by atoms with van der Waals surface area (Å²) in [6, 6.07) is 0.